The Morgan fingerprint density at radius 2 is 1.21 bits per heavy atom. The molecule has 1 unspecified atom stereocenters. The molecule has 1 rings (SSSR count). The number of ether oxygens (including phenoxy) is 2. The van der Waals surface area contributed by atoms with Crippen molar-refractivity contribution >= 4 is 5.97 Å². The van der Waals surface area contributed by atoms with Crippen molar-refractivity contribution in [3.63, 3.8) is 0 Å². The molecule has 1 aromatic rings. The maximum absolute atomic E-state index is 12.9. The molecule has 1 aromatic carbocycles. The molecule has 0 aliphatic rings. The first kappa shape index (κ1) is 34.4. The molecule has 0 bridgehead atoms. The highest BCUT2D eigenvalue weighted by molar-refractivity contribution is 5.77. The van der Waals surface area contributed by atoms with Crippen LogP contribution >= 0.6 is 0 Å². The van der Waals surface area contributed by atoms with E-state index in [1.165, 1.54) is 103 Å². The van der Waals surface area contributed by atoms with Crippen LogP contribution in [-0.4, -0.2) is 18.7 Å². The van der Waals surface area contributed by atoms with Crippen molar-refractivity contribution in [2.45, 2.75) is 162 Å². The Kier molecular flexibility index (Phi) is 23.2. The molecule has 0 heterocycles. The average molecular weight is 529 g/mol. The Morgan fingerprint density at radius 3 is 1.82 bits per heavy atom. The maximum atomic E-state index is 12.9. The summed E-state index contributed by atoms with van der Waals surface area (Å²) in [4.78, 5) is 12.9. The highest BCUT2D eigenvalue weighted by Crippen LogP contribution is 2.23. The van der Waals surface area contributed by atoms with Crippen molar-refractivity contribution in [2.24, 2.45) is 0 Å². The first-order valence-electron chi connectivity index (χ1n) is 16.3. The molecule has 1 atom stereocenters. The number of para-hydroxylation sites is 1. The predicted molar refractivity (Wildman–Crippen MR) is 164 cm³/mol. The zero-order chi connectivity index (χ0) is 27.5. The standard InChI is InChI=1S/C35H60O3/c1-4-7-9-11-13-14-15-16-17-18-19-21-23-25-31-34(37-6-3)35(36)38-33-30-27-26-29-32(33)28-24-22-20-12-10-8-5-2/h16-17,26-27,29-30,34H,4-15,18-25,28,31H2,1-3H3/b17-16-. The number of unbranched alkanes of at least 4 members (excludes halogenated alkanes) is 16. The summed E-state index contributed by atoms with van der Waals surface area (Å²) in [6.45, 7) is 7.01. The lowest BCUT2D eigenvalue weighted by Gasteiger charge is -2.17. The van der Waals surface area contributed by atoms with Crippen LogP contribution in [0.15, 0.2) is 36.4 Å². The van der Waals surface area contributed by atoms with E-state index in [0.29, 0.717) is 12.4 Å². The second-order valence-electron chi connectivity index (χ2n) is 10.9. The lowest BCUT2D eigenvalue weighted by atomic mass is 10.0. The molecule has 0 saturated heterocycles. The van der Waals surface area contributed by atoms with Crippen LogP contribution in [-0.2, 0) is 16.0 Å². The van der Waals surface area contributed by atoms with Crippen LogP contribution in [0.25, 0.3) is 0 Å². The van der Waals surface area contributed by atoms with Gasteiger partial charge in [-0.2, -0.15) is 0 Å². The minimum Gasteiger partial charge on any atom is -0.424 e. The Hall–Kier alpha value is -1.61. The molecule has 0 fully saturated rings. The van der Waals surface area contributed by atoms with Crippen LogP contribution in [0.3, 0.4) is 0 Å². The first-order chi connectivity index (χ1) is 18.7. The molecule has 0 aliphatic carbocycles. The topological polar surface area (TPSA) is 35.5 Å². The minimum atomic E-state index is -0.469. The van der Waals surface area contributed by atoms with Gasteiger partial charge in [-0.25, -0.2) is 4.79 Å². The largest absolute Gasteiger partial charge is 0.424 e. The smallest absolute Gasteiger partial charge is 0.340 e. The normalized spacial score (nSPS) is 12.3. The summed E-state index contributed by atoms with van der Waals surface area (Å²) in [5, 5.41) is 0. The fourth-order valence-corrected chi connectivity index (χ4v) is 4.95. The highest BCUT2D eigenvalue weighted by Gasteiger charge is 2.21. The summed E-state index contributed by atoms with van der Waals surface area (Å²) in [6, 6.07) is 8.02. The maximum Gasteiger partial charge on any atom is 0.340 e. The van der Waals surface area contributed by atoms with Crippen LogP contribution in [0, 0.1) is 0 Å². The van der Waals surface area contributed by atoms with Gasteiger partial charge in [-0.15, -0.1) is 0 Å². The number of carbonyl (C=O) groups excluding carboxylic acids is 1. The quantitative estimate of drug-likeness (QED) is 0.0519. The van der Waals surface area contributed by atoms with Gasteiger partial charge in [0.25, 0.3) is 0 Å². The number of hydrogen-bond acceptors (Lipinski definition) is 3. The zero-order valence-electron chi connectivity index (χ0n) is 25.3. The van der Waals surface area contributed by atoms with Crippen molar-refractivity contribution in [3.8, 4) is 5.75 Å². The van der Waals surface area contributed by atoms with E-state index in [1.807, 2.05) is 25.1 Å². The van der Waals surface area contributed by atoms with Crippen molar-refractivity contribution in [2.75, 3.05) is 6.61 Å². The number of benzene rings is 1. The van der Waals surface area contributed by atoms with E-state index in [4.69, 9.17) is 9.47 Å². The molecule has 0 N–H and O–H groups in total. The minimum absolute atomic E-state index is 0.239. The van der Waals surface area contributed by atoms with E-state index in [-0.39, 0.29) is 5.97 Å². The van der Waals surface area contributed by atoms with Gasteiger partial charge in [0.1, 0.15) is 5.75 Å². The van der Waals surface area contributed by atoms with Gasteiger partial charge in [0.2, 0.25) is 0 Å². The van der Waals surface area contributed by atoms with E-state index in [1.54, 1.807) is 0 Å². The van der Waals surface area contributed by atoms with Gasteiger partial charge in [0.05, 0.1) is 0 Å². The van der Waals surface area contributed by atoms with Crippen molar-refractivity contribution in [3.05, 3.63) is 42.0 Å². The molecule has 218 valence electrons. The Balaban J connectivity index is 2.25. The summed E-state index contributed by atoms with van der Waals surface area (Å²) in [5.41, 5.74) is 1.13. The summed E-state index contributed by atoms with van der Waals surface area (Å²) in [7, 11) is 0. The number of rotatable bonds is 26. The van der Waals surface area contributed by atoms with Crippen LogP contribution < -0.4 is 4.74 Å². The van der Waals surface area contributed by atoms with Gasteiger partial charge < -0.3 is 9.47 Å². The Labute approximate surface area is 236 Å². The van der Waals surface area contributed by atoms with Crippen molar-refractivity contribution in [1.29, 1.82) is 0 Å². The second kappa shape index (κ2) is 25.7. The summed E-state index contributed by atoms with van der Waals surface area (Å²) in [6.07, 6.45) is 30.1. The molecule has 0 spiro atoms. The third kappa shape index (κ3) is 18.6. The molecule has 0 aromatic heterocycles. The molecule has 3 nitrogen and oxygen atoms in total. The van der Waals surface area contributed by atoms with Crippen LogP contribution in [0.5, 0.6) is 5.75 Å². The lowest BCUT2D eigenvalue weighted by molar-refractivity contribution is -0.147. The fraction of sp³-hybridized carbons (Fsp3) is 0.743. The molecule has 0 radical (unpaired) electrons. The highest BCUT2D eigenvalue weighted by atomic mass is 16.6. The third-order valence-corrected chi connectivity index (χ3v) is 7.34. The SMILES string of the molecule is CCCCCCCC/C=C\CCCCCCC(OCC)C(=O)Oc1ccccc1CCCCCCCCC. The lowest BCUT2D eigenvalue weighted by Crippen LogP contribution is -2.29. The molecular formula is C35H60O3. The van der Waals surface area contributed by atoms with Gasteiger partial charge in [0, 0.05) is 6.61 Å². The zero-order valence-corrected chi connectivity index (χ0v) is 25.3. The first-order valence-corrected chi connectivity index (χ1v) is 16.3. The summed E-state index contributed by atoms with van der Waals surface area (Å²) >= 11 is 0. The van der Waals surface area contributed by atoms with Crippen LogP contribution in [0.2, 0.25) is 0 Å². The monoisotopic (exact) mass is 528 g/mol. The molecule has 0 amide bonds. The summed E-state index contributed by atoms with van der Waals surface area (Å²) < 4.78 is 11.7. The molecule has 0 aliphatic heterocycles. The van der Waals surface area contributed by atoms with Crippen molar-refractivity contribution < 1.29 is 14.3 Å². The Bertz CT molecular complexity index is 696. The van der Waals surface area contributed by atoms with E-state index < -0.39 is 6.10 Å². The van der Waals surface area contributed by atoms with E-state index >= 15 is 0 Å². The molecule has 3 heteroatoms. The number of hydrogen-bond donors (Lipinski definition) is 0. The molecule has 38 heavy (non-hydrogen) atoms. The van der Waals surface area contributed by atoms with Gasteiger partial charge >= 0.3 is 5.97 Å². The number of allylic oxidation sites excluding steroid dienone is 2. The van der Waals surface area contributed by atoms with E-state index in [0.717, 1.165) is 37.7 Å². The van der Waals surface area contributed by atoms with Gasteiger partial charge in [-0.05, 0) is 63.5 Å². The number of aryl methyl sites for hydroxylation is 1. The third-order valence-electron chi connectivity index (χ3n) is 7.34. The predicted octanol–water partition coefficient (Wildman–Crippen LogP) is 10.9. The fourth-order valence-electron chi connectivity index (χ4n) is 4.95. The van der Waals surface area contributed by atoms with Crippen molar-refractivity contribution in [1.82, 2.24) is 0 Å². The average Bonchev–Trinajstić information content (AvgIpc) is 2.93. The van der Waals surface area contributed by atoms with E-state index in [9.17, 15) is 4.79 Å². The van der Waals surface area contributed by atoms with Crippen LogP contribution in [0.4, 0.5) is 0 Å². The second-order valence-corrected chi connectivity index (χ2v) is 10.9. The molecular weight excluding hydrogens is 468 g/mol. The number of carbonyl (C=O) groups is 1. The molecule has 0 saturated carbocycles. The van der Waals surface area contributed by atoms with Gasteiger partial charge in [-0.3, -0.25) is 0 Å². The van der Waals surface area contributed by atoms with Gasteiger partial charge in [0.15, 0.2) is 6.10 Å². The number of esters is 1. The summed E-state index contributed by atoms with van der Waals surface area (Å²) in [5.74, 6) is 0.470. The Morgan fingerprint density at radius 1 is 0.684 bits per heavy atom. The van der Waals surface area contributed by atoms with E-state index in [2.05, 4.69) is 32.1 Å². The van der Waals surface area contributed by atoms with Gasteiger partial charge in [-0.1, -0.05) is 134 Å². The van der Waals surface area contributed by atoms with Crippen LogP contribution in [0.1, 0.15) is 155 Å².